The van der Waals surface area contributed by atoms with E-state index in [0.717, 1.165) is 4.31 Å². The van der Waals surface area contributed by atoms with Crippen molar-refractivity contribution in [3.8, 4) is 5.69 Å². The monoisotopic (exact) mass is 696 g/mol. The van der Waals surface area contributed by atoms with Gasteiger partial charge < -0.3 is 4.57 Å². The average molecular weight is 697 g/mol. The van der Waals surface area contributed by atoms with Crippen LogP contribution in [0.2, 0.25) is 0 Å². The Balaban J connectivity index is 1.33. The molecular weight excluding hydrogens is 670 g/mol. The van der Waals surface area contributed by atoms with E-state index >= 15 is 0 Å². The molecule has 3 heterocycles. The smallest absolute Gasteiger partial charge is 0.339 e. The van der Waals surface area contributed by atoms with Crippen LogP contribution in [0, 0.1) is 11.2 Å². The van der Waals surface area contributed by atoms with E-state index in [4.69, 9.17) is 0 Å². The number of hydrogen-bond acceptors (Lipinski definition) is 7. The first-order valence-corrected chi connectivity index (χ1v) is 16.8. The zero-order chi connectivity index (χ0) is 33.5. The van der Waals surface area contributed by atoms with Crippen molar-refractivity contribution in [2.24, 2.45) is 12.5 Å². The molecular formula is C30H26F6N6O3S2. The van der Waals surface area contributed by atoms with Crippen LogP contribution in [-0.2, 0) is 29.7 Å². The number of aromatic nitrogens is 5. The molecule has 0 bridgehead atoms. The van der Waals surface area contributed by atoms with Crippen LogP contribution in [0.5, 0.6) is 0 Å². The molecule has 4 aromatic rings. The molecule has 7 rings (SSSR count). The Labute approximate surface area is 268 Å². The van der Waals surface area contributed by atoms with Gasteiger partial charge in [0.25, 0.3) is 15.9 Å². The van der Waals surface area contributed by atoms with Crippen LogP contribution in [0.25, 0.3) is 11.8 Å². The Bertz CT molecular complexity index is 2010. The molecule has 9 nitrogen and oxygen atoms in total. The molecule has 0 aliphatic heterocycles. The summed E-state index contributed by atoms with van der Waals surface area (Å²) in [4.78, 5) is 21.2. The number of thiazole rings is 1. The van der Waals surface area contributed by atoms with E-state index in [1.807, 2.05) is 0 Å². The molecule has 17 heteroatoms. The fourth-order valence-corrected chi connectivity index (χ4v) is 9.57. The fourth-order valence-electron chi connectivity index (χ4n) is 6.93. The Kier molecular flexibility index (Phi) is 7.33. The van der Waals surface area contributed by atoms with Gasteiger partial charge in [-0.3, -0.25) is 4.79 Å². The third-order valence-corrected chi connectivity index (χ3v) is 12.1. The molecule has 2 fully saturated rings. The standard InChI is InChI=1S/C30H26F6N6O3S2/c1-40-15-25(38-16-40)47(44,45)42(22-11-29(32,33)12-22)21-5-2-18-8-23-17(13-39-41(23)20-6-3-19(31)4-7-20)9-28(18,10-21)26(43)27-37-14-24(46-27)30(34,35)36/h3-4,6-8,13-16,21-22H,2,5,9-12H2,1H3/t21-,28-/m0/s1. The number of aryl methyl sites for hydroxylation is 1. The van der Waals surface area contributed by atoms with Gasteiger partial charge in [0, 0.05) is 38.2 Å². The predicted octanol–water partition coefficient (Wildman–Crippen LogP) is 6.07. The lowest BCUT2D eigenvalue weighted by Gasteiger charge is -2.50. The molecule has 0 spiro atoms. The van der Waals surface area contributed by atoms with Crippen molar-refractivity contribution in [3.05, 3.63) is 81.7 Å². The van der Waals surface area contributed by atoms with Crippen LogP contribution >= 0.6 is 11.3 Å². The first-order valence-electron chi connectivity index (χ1n) is 14.6. The van der Waals surface area contributed by atoms with Crippen molar-refractivity contribution < 1.29 is 39.6 Å². The zero-order valence-electron chi connectivity index (χ0n) is 24.6. The number of allylic oxidation sites excluding steroid dienone is 1. The molecule has 0 unspecified atom stereocenters. The van der Waals surface area contributed by atoms with Gasteiger partial charge >= 0.3 is 6.18 Å². The number of carbonyl (C=O) groups is 1. The second kappa shape index (κ2) is 10.8. The van der Waals surface area contributed by atoms with Crippen molar-refractivity contribution in [2.45, 2.75) is 67.7 Å². The fraction of sp³-hybridized carbons (Fsp3) is 0.400. The normalized spacial score (nSPS) is 22.8. The Morgan fingerprint density at radius 3 is 2.40 bits per heavy atom. The number of rotatable bonds is 7. The third kappa shape index (κ3) is 5.41. The highest BCUT2D eigenvalue weighted by Gasteiger charge is 2.57. The highest BCUT2D eigenvalue weighted by atomic mass is 32.2. The van der Waals surface area contributed by atoms with Crippen LogP contribution in [0.4, 0.5) is 26.3 Å². The Morgan fingerprint density at radius 2 is 1.79 bits per heavy atom. The number of carbonyl (C=O) groups excluding carboxylic acids is 1. The highest BCUT2D eigenvalue weighted by molar-refractivity contribution is 7.89. The van der Waals surface area contributed by atoms with Crippen molar-refractivity contribution in [3.63, 3.8) is 0 Å². The number of fused-ring (bicyclic) bond motifs is 2. The van der Waals surface area contributed by atoms with E-state index in [0.29, 0.717) is 28.7 Å². The molecule has 0 amide bonds. The minimum atomic E-state index is -4.74. The van der Waals surface area contributed by atoms with E-state index in [2.05, 4.69) is 15.1 Å². The van der Waals surface area contributed by atoms with Crippen LogP contribution in [0.15, 0.2) is 59.8 Å². The van der Waals surface area contributed by atoms with Gasteiger partial charge in [-0.1, -0.05) is 5.57 Å². The summed E-state index contributed by atoms with van der Waals surface area (Å²) >= 11 is 0.200. The lowest BCUT2D eigenvalue weighted by molar-refractivity contribution is -0.134. The predicted molar refractivity (Wildman–Crippen MR) is 157 cm³/mol. The molecule has 248 valence electrons. The van der Waals surface area contributed by atoms with Crippen LogP contribution in [-0.4, -0.2) is 60.8 Å². The first kappa shape index (κ1) is 31.8. The molecule has 2 saturated carbocycles. The van der Waals surface area contributed by atoms with Gasteiger partial charge in [-0.15, -0.1) is 11.3 Å². The summed E-state index contributed by atoms with van der Waals surface area (Å²) in [6.45, 7) is 0. The van der Waals surface area contributed by atoms with Crippen molar-refractivity contribution >= 4 is 33.2 Å². The van der Waals surface area contributed by atoms with E-state index < -0.39 is 73.9 Å². The van der Waals surface area contributed by atoms with Gasteiger partial charge in [-0.2, -0.15) is 22.6 Å². The molecule has 0 N–H and O–H groups in total. The number of nitrogens with zero attached hydrogens (tertiary/aromatic N) is 6. The van der Waals surface area contributed by atoms with Crippen LogP contribution < -0.4 is 0 Å². The van der Waals surface area contributed by atoms with E-state index in [9.17, 15) is 39.6 Å². The summed E-state index contributed by atoms with van der Waals surface area (Å²) in [6, 6.07) is 3.54. The Hall–Kier alpha value is -3.83. The van der Waals surface area contributed by atoms with Crippen LogP contribution in [0.1, 0.15) is 58.0 Å². The maximum Gasteiger partial charge on any atom is 0.427 e. The number of ketones is 1. The average Bonchev–Trinajstić information content (AvgIpc) is 3.75. The second-order valence-electron chi connectivity index (χ2n) is 12.3. The number of alkyl halides is 5. The van der Waals surface area contributed by atoms with E-state index in [1.165, 1.54) is 47.6 Å². The van der Waals surface area contributed by atoms with E-state index in [-0.39, 0.29) is 42.0 Å². The lowest BCUT2D eigenvalue weighted by atomic mass is 9.60. The molecule has 3 aliphatic rings. The zero-order valence-corrected chi connectivity index (χ0v) is 26.2. The third-order valence-electron chi connectivity index (χ3n) is 9.13. The van der Waals surface area contributed by atoms with E-state index in [1.54, 1.807) is 17.8 Å². The molecule has 0 saturated heterocycles. The molecule has 3 aliphatic carbocycles. The summed E-state index contributed by atoms with van der Waals surface area (Å²) in [5.74, 6) is -4.24. The SMILES string of the molecule is Cn1cnc(S(=O)(=O)N(C2CC(F)(F)C2)[C@H]2CCC3=Cc4c(cnn4-c4ccc(F)cc4)C[C@]3(C(=O)c3ncc(C(F)(F)F)s3)C2)c1. The van der Waals surface area contributed by atoms with Gasteiger partial charge in [-0.05, 0) is 61.6 Å². The molecule has 0 radical (unpaired) electrons. The summed E-state index contributed by atoms with van der Waals surface area (Å²) < 4.78 is 115. The highest BCUT2D eigenvalue weighted by Crippen LogP contribution is 2.54. The number of hydrogen-bond donors (Lipinski definition) is 0. The summed E-state index contributed by atoms with van der Waals surface area (Å²) in [6.07, 6.45) is 0.240. The maximum absolute atomic E-state index is 14.4. The summed E-state index contributed by atoms with van der Waals surface area (Å²) in [5.41, 5.74) is 0.657. The lowest BCUT2D eigenvalue weighted by Crippen LogP contribution is -2.59. The van der Waals surface area contributed by atoms with Gasteiger partial charge in [-0.25, -0.2) is 36.2 Å². The number of imidazole rings is 1. The van der Waals surface area contributed by atoms with Gasteiger partial charge in [0.1, 0.15) is 10.7 Å². The van der Waals surface area contributed by atoms with Crippen molar-refractivity contribution in [2.75, 3.05) is 0 Å². The second-order valence-corrected chi connectivity index (χ2v) is 15.1. The minimum absolute atomic E-state index is 0.0517. The number of benzene rings is 1. The largest absolute Gasteiger partial charge is 0.427 e. The number of Topliss-reactive ketones (excluding diaryl/α,β-unsaturated/α-hetero) is 1. The molecule has 3 aromatic heterocycles. The number of sulfonamides is 1. The van der Waals surface area contributed by atoms with Crippen molar-refractivity contribution in [1.29, 1.82) is 0 Å². The molecule has 2 atom stereocenters. The summed E-state index contributed by atoms with van der Waals surface area (Å²) in [7, 11) is -2.86. The molecule has 1 aromatic carbocycles. The topological polar surface area (TPSA) is 103 Å². The molecule has 47 heavy (non-hydrogen) atoms. The van der Waals surface area contributed by atoms with Gasteiger partial charge in [0.15, 0.2) is 10.0 Å². The Morgan fingerprint density at radius 1 is 1.06 bits per heavy atom. The maximum atomic E-state index is 14.4. The van der Waals surface area contributed by atoms with Crippen molar-refractivity contribution in [1.82, 2.24) is 28.6 Å². The number of halogens is 6. The summed E-state index contributed by atoms with van der Waals surface area (Å²) in [5, 5.41) is 3.70. The van der Waals surface area contributed by atoms with Gasteiger partial charge in [0.05, 0.1) is 35.5 Å². The minimum Gasteiger partial charge on any atom is -0.339 e. The first-order chi connectivity index (χ1) is 22.1. The van der Waals surface area contributed by atoms with Gasteiger partial charge in [0.2, 0.25) is 5.78 Å². The quantitative estimate of drug-likeness (QED) is 0.172. The van der Waals surface area contributed by atoms with Crippen LogP contribution in [0.3, 0.4) is 0 Å².